The van der Waals surface area contributed by atoms with Gasteiger partial charge in [-0.05, 0) is 40.0 Å². The lowest BCUT2D eigenvalue weighted by Crippen LogP contribution is -2.40. The van der Waals surface area contributed by atoms with E-state index in [0.29, 0.717) is 6.42 Å². The van der Waals surface area contributed by atoms with Crippen molar-refractivity contribution in [3.63, 3.8) is 0 Å². The molecule has 4 nitrogen and oxygen atoms in total. The van der Waals surface area contributed by atoms with Crippen LogP contribution in [-0.2, 0) is 9.53 Å². The van der Waals surface area contributed by atoms with Gasteiger partial charge in [0, 0.05) is 18.4 Å². The Kier molecular flexibility index (Phi) is 4.54. The van der Waals surface area contributed by atoms with Gasteiger partial charge >= 0.3 is 6.09 Å². The van der Waals surface area contributed by atoms with E-state index in [2.05, 4.69) is 5.32 Å². The molecule has 1 aliphatic rings. The largest absolute Gasteiger partial charge is 0.444 e. The summed E-state index contributed by atoms with van der Waals surface area (Å²) in [6.45, 7) is 7.43. The first-order valence-corrected chi connectivity index (χ1v) is 6.34. The van der Waals surface area contributed by atoms with Crippen LogP contribution < -0.4 is 5.32 Å². The molecule has 17 heavy (non-hydrogen) atoms. The van der Waals surface area contributed by atoms with E-state index in [9.17, 15) is 9.59 Å². The van der Waals surface area contributed by atoms with Gasteiger partial charge in [0.15, 0.2) is 0 Å². The van der Waals surface area contributed by atoms with E-state index in [-0.39, 0.29) is 17.7 Å². The van der Waals surface area contributed by atoms with Gasteiger partial charge in [-0.1, -0.05) is 6.92 Å². The zero-order valence-corrected chi connectivity index (χ0v) is 11.2. The van der Waals surface area contributed by atoms with Crippen LogP contribution in [0.2, 0.25) is 0 Å². The zero-order chi connectivity index (χ0) is 13.1. The van der Waals surface area contributed by atoms with Gasteiger partial charge in [0.25, 0.3) is 0 Å². The molecule has 98 valence electrons. The number of hydrogen-bond donors (Lipinski definition) is 1. The van der Waals surface area contributed by atoms with Gasteiger partial charge in [-0.3, -0.25) is 4.79 Å². The quantitative estimate of drug-likeness (QED) is 0.805. The minimum absolute atomic E-state index is 0.0991. The molecule has 1 unspecified atom stereocenters. The molecule has 1 amide bonds. The van der Waals surface area contributed by atoms with Crippen LogP contribution in [0.15, 0.2) is 0 Å². The second-order valence-corrected chi connectivity index (χ2v) is 5.70. The lowest BCUT2D eigenvalue weighted by atomic mass is 10.1. The van der Waals surface area contributed by atoms with Crippen molar-refractivity contribution in [1.82, 2.24) is 5.32 Å². The van der Waals surface area contributed by atoms with Crippen LogP contribution >= 0.6 is 0 Å². The maximum atomic E-state index is 11.6. The third kappa shape index (κ3) is 5.71. The Morgan fingerprint density at radius 1 is 1.35 bits per heavy atom. The van der Waals surface area contributed by atoms with Gasteiger partial charge in [0.1, 0.15) is 11.4 Å². The van der Waals surface area contributed by atoms with Crippen molar-refractivity contribution < 1.29 is 14.3 Å². The van der Waals surface area contributed by atoms with Crippen molar-refractivity contribution in [3.8, 4) is 0 Å². The molecule has 0 spiro atoms. The van der Waals surface area contributed by atoms with E-state index in [1.165, 1.54) is 0 Å². The van der Waals surface area contributed by atoms with Crippen molar-refractivity contribution >= 4 is 11.9 Å². The molecular formula is C13H23NO3. The van der Waals surface area contributed by atoms with Gasteiger partial charge in [0.2, 0.25) is 0 Å². The lowest BCUT2D eigenvalue weighted by molar-refractivity contribution is -0.120. The number of rotatable bonds is 5. The van der Waals surface area contributed by atoms with Crippen molar-refractivity contribution in [2.45, 2.75) is 65.0 Å². The highest BCUT2D eigenvalue weighted by Gasteiger charge is 2.31. The van der Waals surface area contributed by atoms with Gasteiger partial charge < -0.3 is 10.1 Å². The summed E-state index contributed by atoms with van der Waals surface area (Å²) >= 11 is 0. The number of carbonyl (C=O) groups excluding carboxylic acids is 2. The SMILES string of the molecule is CCC(CC(=O)C1CC1)NC(=O)OC(C)(C)C. The highest BCUT2D eigenvalue weighted by Crippen LogP contribution is 2.31. The second-order valence-electron chi connectivity index (χ2n) is 5.70. The lowest BCUT2D eigenvalue weighted by Gasteiger charge is -2.22. The molecule has 0 aliphatic heterocycles. The third-order valence-corrected chi connectivity index (χ3v) is 2.69. The number of Topliss-reactive ketones (excluding diaryl/α,β-unsaturated/α-hetero) is 1. The summed E-state index contributed by atoms with van der Waals surface area (Å²) in [5.41, 5.74) is -0.497. The maximum absolute atomic E-state index is 11.6. The van der Waals surface area contributed by atoms with Crippen molar-refractivity contribution in [3.05, 3.63) is 0 Å². The summed E-state index contributed by atoms with van der Waals surface area (Å²) in [6.07, 6.45) is 2.77. The van der Waals surface area contributed by atoms with Crippen LogP contribution in [0.4, 0.5) is 4.79 Å². The predicted molar refractivity (Wildman–Crippen MR) is 65.8 cm³/mol. The van der Waals surface area contributed by atoms with Crippen molar-refractivity contribution in [1.29, 1.82) is 0 Å². The van der Waals surface area contributed by atoms with Crippen LogP contribution in [0.3, 0.4) is 0 Å². The Balaban J connectivity index is 2.35. The van der Waals surface area contributed by atoms with Crippen LogP contribution in [0.1, 0.15) is 53.4 Å². The summed E-state index contributed by atoms with van der Waals surface area (Å²) in [6, 6.07) is -0.0991. The maximum Gasteiger partial charge on any atom is 0.407 e. The molecular weight excluding hydrogens is 218 g/mol. The molecule has 1 atom stereocenters. The topological polar surface area (TPSA) is 55.4 Å². The van der Waals surface area contributed by atoms with E-state index in [0.717, 1.165) is 19.3 Å². The molecule has 1 aliphatic carbocycles. The molecule has 0 bridgehead atoms. The monoisotopic (exact) mass is 241 g/mol. The minimum Gasteiger partial charge on any atom is -0.444 e. The van der Waals surface area contributed by atoms with Gasteiger partial charge in [-0.15, -0.1) is 0 Å². The van der Waals surface area contributed by atoms with E-state index < -0.39 is 11.7 Å². The number of nitrogens with one attached hydrogen (secondary N) is 1. The summed E-state index contributed by atoms with van der Waals surface area (Å²) < 4.78 is 5.17. The Labute approximate surface area is 103 Å². The fraction of sp³-hybridized carbons (Fsp3) is 0.846. The average molecular weight is 241 g/mol. The zero-order valence-electron chi connectivity index (χ0n) is 11.2. The van der Waals surface area contributed by atoms with Gasteiger partial charge in [-0.25, -0.2) is 4.79 Å². The number of alkyl carbamates (subject to hydrolysis) is 1. The molecule has 1 rings (SSSR count). The normalized spacial score (nSPS) is 17.4. The summed E-state index contributed by atoms with van der Waals surface area (Å²) in [5.74, 6) is 0.525. The Morgan fingerprint density at radius 3 is 2.35 bits per heavy atom. The third-order valence-electron chi connectivity index (χ3n) is 2.69. The smallest absolute Gasteiger partial charge is 0.407 e. The Hall–Kier alpha value is -1.06. The van der Waals surface area contributed by atoms with Gasteiger partial charge in [0.05, 0.1) is 0 Å². The van der Waals surface area contributed by atoms with Crippen molar-refractivity contribution in [2.75, 3.05) is 0 Å². The molecule has 0 aromatic heterocycles. The number of amides is 1. The summed E-state index contributed by atoms with van der Waals surface area (Å²) in [5, 5.41) is 2.75. The van der Waals surface area contributed by atoms with E-state index in [4.69, 9.17) is 4.74 Å². The number of ketones is 1. The highest BCUT2D eigenvalue weighted by atomic mass is 16.6. The summed E-state index contributed by atoms with van der Waals surface area (Å²) in [7, 11) is 0. The van der Waals surface area contributed by atoms with Crippen molar-refractivity contribution in [2.24, 2.45) is 5.92 Å². The fourth-order valence-electron chi connectivity index (χ4n) is 1.59. The van der Waals surface area contributed by atoms with E-state index >= 15 is 0 Å². The first-order valence-electron chi connectivity index (χ1n) is 6.34. The van der Waals surface area contributed by atoms with Crippen LogP contribution in [0, 0.1) is 5.92 Å². The first-order chi connectivity index (χ1) is 7.81. The summed E-state index contributed by atoms with van der Waals surface area (Å²) in [4.78, 5) is 23.2. The van der Waals surface area contributed by atoms with Crippen LogP contribution in [0.25, 0.3) is 0 Å². The fourth-order valence-corrected chi connectivity index (χ4v) is 1.59. The molecule has 4 heteroatoms. The molecule has 1 fully saturated rings. The molecule has 0 aromatic rings. The Bertz CT molecular complexity index is 290. The first kappa shape index (κ1) is 14.0. The molecule has 0 saturated heterocycles. The van der Waals surface area contributed by atoms with E-state index in [1.807, 2.05) is 27.7 Å². The van der Waals surface area contributed by atoms with Gasteiger partial charge in [-0.2, -0.15) is 0 Å². The minimum atomic E-state index is -0.497. The molecule has 0 heterocycles. The highest BCUT2D eigenvalue weighted by molar-refractivity contribution is 5.84. The standard InChI is InChI=1S/C13H23NO3/c1-5-10(8-11(15)9-6-7-9)14-12(16)17-13(2,3)4/h9-10H,5-8H2,1-4H3,(H,14,16). The molecule has 1 saturated carbocycles. The number of hydrogen-bond acceptors (Lipinski definition) is 3. The second kappa shape index (κ2) is 5.52. The van der Waals surface area contributed by atoms with E-state index in [1.54, 1.807) is 0 Å². The van der Waals surface area contributed by atoms with Crippen LogP contribution in [-0.4, -0.2) is 23.5 Å². The Morgan fingerprint density at radius 2 is 1.94 bits per heavy atom. The average Bonchev–Trinajstić information content (AvgIpc) is 2.96. The number of ether oxygens (including phenoxy) is 1. The molecule has 0 aromatic carbocycles. The van der Waals surface area contributed by atoms with Crippen LogP contribution in [0.5, 0.6) is 0 Å². The number of carbonyl (C=O) groups is 2. The molecule has 0 radical (unpaired) electrons. The molecule has 1 N–H and O–H groups in total. The predicted octanol–water partition coefficient (Wildman–Crippen LogP) is 2.66.